The second-order valence-electron chi connectivity index (χ2n) is 4.98. The number of aliphatic hydroxyl groups excluding tert-OH is 2. The Morgan fingerprint density at radius 1 is 1.00 bits per heavy atom. The fraction of sp³-hybridized carbons (Fsp3) is 0.250. The Balaban J connectivity index is 2.48. The van der Waals surface area contributed by atoms with Crippen molar-refractivity contribution in [3.63, 3.8) is 0 Å². The molecule has 2 aromatic rings. The van der Waals surface area contributed by atoms with Gasteiger partial charge in [0.2, 0.25) is 0 Å². The van der Waals surface area contributed by atoms with E-state index >= 15 is 0 Å². The highest BCUT2D eigenvalue weighted by Gasteiger charge is 2.33. The average molecular weight is 313 g/mol. The zero-order valence-corrected chi connectivity index (χ0v) is 11.9. The molecule has 0 unspecified atom stereocenters. The molecular weight excluding hydrogens is 298 g/mol. The predicted octanol–water partition coefficient (Wildman–Crippen LogP) is 3.08. The first-order valence-electron chi connectivity index (χ1n) is 6.43. The van der Waals surface area contributed by atoms with Gasteiger partial charge >= 0.3 is 0 Å². The lowest BCUT2D eigenvalue weighted by molar-refractivity contribution is 0.115. The topological polar surface area (TPSA) is 40.5 Å². The van der Waals surface area contributed by atoms with Gasteiger partial charge in [-0.15, -0.1) is 0 Å². The smallest absolute Gasteiger partial charge is 0.127 e. The molecule has 0 aliphatic carbocycles. The van der Waals surface area contributed by atoms with Crippen molar-refractivity contribution >= 4 is 11.6 Å². The summed E-state index contributed by atoms with van der Waals surface area (Å²) in [5.74, 6) is -1.01. The Bertz CT molecular complexity index is 607. The lowest BCUT2D eigenvalue weighted by Crippen LogP contribution is -2.37. The SMILES string of the molecule is OCC(CO)(Cc1c(F)cccc1Cl)c1cccc(F)c1. The van der Waals surface area contributed by atoms with Crippen molar-refractivity contribution in [3.8, 4) is 0 Å². The summed E-state index contributed by atoms with van der Waals surface area (Å²) in [6.45, 7) is -0.921. The zero-order chi connectivity index (χ0) is 15.5. The highest BCUT2D eigenvalue weighted by atomic mass is 35.5. The first-order valence-corrected chi connectivity index (χ1v) is 6.81. The molecule has 0 aromatic heterocycles. The molecule has 0 spiro atoms. The first-order chi connectivity index (χ1) is 10.0. The number of hydrogen-bond acceptors (Lipinski definition) is 2. The van der Waals surface area contributed by atoms with Gasteiger partial charge in [0.15, 0.2) is 0 Å². The molecule has 0 heterocycles. The average Bonchev–Trinajstić information content (AvgIpc) is 2.48. The minimum absolute atomic E-state index is 0.0328. The van der Waals surface area contributed by atoms with E-state index in [1.165, 1.54) is 36.4 Å². The van der Waals surface area contributed by atoms with E-state index < -0.39 is 30.3 Å². The number of rotatable bonds is 5. The summed E-state index contributed by atoms with van der Waals surface area (Å²) in [6, 6.07) is 9.82. The van der Waals surface area contributed by atoms with Crippen LogP contribution in [0.5, 0.6) is 0 Å². The third-order valence-corrected chi connectivity index (χ3v) is 3.97. The minimum Gasteiger partial charge on any atom is -0.395 e. The molecule has 2 N–H and O–H groups in total. The lowest BCUT2D eigenvalue weighted by atomic mass is 9.76. The fourth-order valence-electron chi connectivity index (χ4n) is 2.30. The van der Waals surface area contributed by atoms with Crippen molar-refractivity contribution < 1.29 is 19.0 Å². The molecule has 0 aliphatic rings. The maximum atomic E-state index is 13.9. The second kappa shape index (κ2) is 6.52. The van der Waals surface area contributed by atoms with Gasteiger partial charge in [0.1, 0.15) is 11.6 Å². The van der Waals surface area contributed by atoms with E-state index in [2.05, 4.69) is 0 Å². The van der Waals surface area contributed by atoms with Crippen LogP contribution < -0.4 is 0 Å². The van der Waals surface area contributed by atoms with Crippen LogP contribution in [-0.4, -0.2) is 23.4 Å². The lowest BCUT2D eigenvalue weighted by Gasteiger charge is -2.31. The Kier molecular flexibility index (Phi) is 4.93. The van der Waals surface area contributed by atoms with E-state index in [-0.39, 0.29) is 17.0 Å². The number of halogens is 3. The van der Waals surface area contributed by atoms with Gasteiger partial charge in [-0.05, 0) is 36.2 Å². The van der Waals surface area contributed by atoms with E-state index in [4.69, 9.17) is 11.6 Å². The molecule has 2 rings (SSSR count). The number of aliphatic hydroxyl groups is 2. The molecule has 0 radical (unpaired) electrons. The molecule has 2 aromatic carbocycles. The van der Waals surface area contributed by atoms with Gasteiger partial charge in [-0.1, -0.05) is 29.8 Å². The molecule has 2 nitrogen and oxygen atoms in total. The van der Waals surface area contributed by atoms with Crippen LogP contribution in [-0.2, 0) is 11.8 Å². The number of hydrogen-bond donors (Lipinski definition) is 2. The quantitative estimate of drug-likeness (QED) is 0.891. The van der Waals surface area contributed by atoms with Crippen LogP contribution in [0.15, 0.2) is 42.5 Å². The van der Waals surface area contributed by atoms with Gasteiger partial charge in [-0.25, -0.2) is 8.78 Å². The molecular formula is C16H15ClF2O2. The second-order valence-corrected chi connectivity index (χ2v) is 5.39. The van der Waals surface area contributed by atoms with Gasteiger partial charge in [-0.3, -0.25) is 0 Å². The molecule has 112 valence electrons. The third-order valence-electron chi connectivity index (χ3n) is 3.62. The van der Waals surface area contributed by atoms with E-state index in [0.29, 0.717) is 5.56 Å². The Morgan fingerprint density at radius 3 is 2.24 bits per heavy atom. The monoisotopic (exact) mass is 312 g/mol. The molecule has 0 bridgehead atoms. The van der Waals surface area contributed by atoms with Crippen LogP contribution in [0.1, 0.15) is 11.1 Å². The van der Waals surface area contributed by atoms with Crippen molar-refractivity contribution in [1.82, 2.24) is 0 Å². The van der Waals surface area contributed by atoms with Crippen LogP contribution in [0.25, 0.3) is 0 Å². The van der Waals surface area contributed by atoms with Crippen LogP contribution in [0.3, 0.4) is 0 Å². The molecule has 0 saturated heterocycles. The third kappa shape index (κ3) is 3.23. The van der Waals surface area contributed by atoms with Gasteiger partial charge in [0, 0.05) is 16.0 Å². The zero-order valence-electron chi connectivity index (χ0n) is 11.2. The summed E-state index contributed by atoms with van der Waals surface area (Å²) >= 11 is 5.99. The fourth-order valence-corrected chi connectivity index (χ4v) is 2.53. The Labute approximate surface area is 126 Å². The standard InChI is InChI=1S/C16H15ClF2O2/c17-14-5-2-6-15(19)13(14)8-16(9-20,10-21)11-3-1-4-12(18)7-11/h1-7,20-21H,8-10H2. The molecule has 0 amide bonds. The van der Waals surface area contributed by atoms with Crippen LogP contribution >= 0.6 is 11.6 Å². The normalized spacial score (nSPS) is 11.7. The van der Waals surface area contributed by atoms with Crippen molar-refractivity contribution in [2.45, 2.75) is 11.8 Å². The summed E-state index contributed by atoms with van der Waals surface area (Å²) in [5.41, 5.74) is -0.619. The molecule has 0 saturated carbocycles. The predicted molar refractivity (Wildman–Crippen MR) is 77.4 cm³/mol. The minimum atomic E-state index is -1.20. The summed E-state index contributed by atoms with van der Waals surface area (Å²) in [5, 5.41) is 19.6. The van der Waals surface area contributed by atoms with E-state index in [9.17, 15) is 19.0 Å². The van der Waals surface area contributed by atoms with E-state index in [0.717, 1.165) is 0 Å². The highest BCUT2D eigenvalue weighted by Crippen LogP contribution is 2.32. The van der Waals surface area contributed by atoms with Gasteiger partial charge in [0.05, 0.1) is 13.2 Å². The molecule has 0 fully saturated rings. The molecule has 0 aliphatic heterocycles. The van der Waals surface area contributed by atoms with E-state index in [1.807, 2.05) is 0 Å². The molecule has 0 atom stereocenters. The van der Waals surface area contributed by atoms with Crippen LogP contribution in [0.4, 0.5) is 8.78 Å². The summed E-state index contributed by atoms with van der Waals surface area (Å²) in [4.78, 5) is 0. The van der Waals surface area contributed by atoms with Crippen molar-refractivity contribution in [2.24, 2.45) is 0 Å². The molecule has 5 heteroatoms. The van der Waals surface area contributed by atoms with Gasteiger partial charge in [0.25, 0.3) is 0 Å². The summed E-state index contributed by atoms with van der Waals surface area (Å²) in [7, 11) is 0. The van der Waals surface area contributed by atoms with Crippen LogP contribution in [0, 0.1) is 11.6 Å². The summed E-state index contributed by atoms with van der Waals surface area (Å²) < 4.78 is 27.3. The Morgan fingerprint density at radius 2 is 1.67 bits per heavy atom. The molecule has 21 heavy (non-hydrogen) atoms. The number of benzene rings is 2. The Hall–Kier alpha value is -1.49. The van der Waals surface area contributed by atoms with Crippen molar-refractivity contribution in [2.75, 3.05) is 13.2 Å². The highest BCUT2D eigenvalue weighted by molar-refractivity contribution is 6.31. The van der Waals surface area contributed by atoms with Gasteiger partial charge in [-0.2, -0.15) is 0 Å². The van der Waals surface area contributed by atoms with Crippen molar-refractivity contribution in [3.05, 3.63) is 70.2 Å². The first kappa shape index (κ1) is 15.9. The largest absolute Gasteiger partial charge is 0.395 e. The van der Waals surface area contributed by atoms with Crippen molar-refractivity contribution in [1.29, 1.82) is 0 Å². The maximum Gasteiger partial charge on any atom is 0.127 e. The van der Waals surface area contributed by atoms with Crippen LogP contribution in [0.2, 0.25) is 5.02 Å². The van der Waals surface area contributed by atoms with E-state index in [1.54, 1.807) is 6.07 Å². The summed E-state index contributed by atoms with van der Waals surface area (Å²) in [6.07, 6.45) is -0.0328. The van der Waals surface area contributed by atoms with Gasteiger partial charge < -0.3 is 10.2 Å². The maximum absolute atomic E-state index is 13.9.